The van der Waals surface area contributed by atoms with Crippen molar-refractivity contribution in [3.05, 3.63) is 72.8 Å². The molecule has 0 bridgehead atoms. The third-order valence-electron chi connectivity index (χ3n) is 5.81. The molecule has 0 radical (unpaired) electrons. The molecule has 4 rings (SSSR count). The summed E-state index contributed by atoms with van der Waals surface area (Å²) in [4.78, 5) is 2.36. The van der Waals surface area contributed by atoms with E-state index in [4.69, 9.17) is 9.47 Å². The summed E-state index contributed by atoms with van der Waals surface area (Å²) in [6.07, 6.45) is 0. The lowest BCUT2D eigenvalue weighted by atomic mass is 10.1. The van der Waals surface area contributed by atoms with E-state index in [1.54, 1.807) is 7.11 Å². The molecular formula is C27H30N2O2. The van der Waals surface area contributed by atoms with Crippen LogP contribution in [0, 0.1) is 0 Å². The number of ether oxygens (including phenoxy) is 2. The molecule has 160 valence electrons. The summed E-state index contributed by atoms with van der Waals surface area (Å²) in [6.45, 7) is 7.95. The molecule has 4 nitrogen and oxygen atoms in total. The van der Waals surface area contributed by atoms with Crippen LogP contribution in [0.5, 0.6) is 11.5 Å². The van der Waals surface area contributed by atoms with Crippen LogP contribution in [0.2, 0.25) is 0 Å². The molecule has 0 aliphatic rings. The number of nitrogens with zero attached hydrogens (tertiary/aromatic N) is 1. The van der Waals surface area contributed by atoms with Gasteiger partial charge < -0.3 is 19.7 Å². The minimum absolute atomic E-state index is 0.640. The molecule has 1 N–H and O–H groups in total. The van der Waals surface area contributed by atoms with Gasteiger partial charge in [0.15, 0.2) is 0 Å². The molecule has 0 heterocycles. The molecule has 0 aliphatic carbocycles. The Morgan fingerprint density at radius 2 is 1.26 bits per heavy atom. The molecule has 0 fully saturated rings. The quantitative estimate of drug-likeness (QED) is 0.340. The monoisotopic (exact) mass is 414 g/mol. The number of methoxy groups -OCH3 is 1. The zero-order valence-electron chi connectivity index (χ0n) is 18.5. The van der Waals surface area contributed by atoms with Gasteiger partial charge in [0.05, 0.1) is 18.5 Å². The van der Waals surface area contributed by atoms with Gasteiger partial charge in [0, 0.05) is 17.3 Å². The van der Waals surface area contributed by atoms with E-state index in [9.17, 15) is 0 Å². The van der Waals surface area contributed by atoms with E-state index in [1.807, 2.05) is 6.07 Å². The van der Waals surface area contributed by atoms with Crippen molar-refractivity contribution in [3.8, 4) is 11.5 Å². The summed E-state index contributed by atoms with van der Waals surface area (Å²) in [7, 11) is 1.71. The first-order valence-electron chi connectivity index (χ1n) is 10.9. The molecule has 31 heavy (non-hydrogen) atoms. The zero-order valence-corrected chi connectivity index (χ0v) is 18.5. The van der Waals surface area contributed by atoms with Crippen molar-refractivity contribution in [2.45, 2.75) is 13.8 Å². The van der Waals surface area contributed by atoms with E-state index >= 15 is 0 Å². The number of hydrogen-bond donors (Lipinski definition) is 1. The third-order valence-corrected chi connectivity index (χ3v) is 5.81. The minimum atomic E-state index is 0.640. The normalized spacial score (nSPS) is 11.2. The Morgan fingerprint density at radius 3 is 1.84 bits per heavy atom. The fourth-order valence-corrected chi connectivity index (χ4v) is 4.00. The highest BCUT2D eigenvalue weighted by Crippen LogP contribution is 2.41. The number of likely N-dealkylation sites (N-methyl/N-ethyl adjacent to an activating group) is 1. The van der Waals surface area contributed by atoms with Crippen molar-refractivity contribution in [1.82, 2.24) is 4.90 Å². The fraction of sp³-hybridized carbons (Fsp3) is 0.259. The Balaban J connectivity index is 1.77. The lowest BCUT2D eigenvalue weighted by molar-refractivity contribution is 0.223. The third kappa shape index (κ3) is 4.44. The summed E-state index contributed by atoms with van der Waals surface area (Å²) in [5.74, 6) is 1.65. The number of benzene rings is 4. The molecule has 0 aromatic heterocycles. The summed E-state index contributed by atoms with van der Waals surface area (Å²) in [5, 5.41) is 8.25. The number of rotatable bonds is 9. The van der Waals surface area contributed by atoms with E-state index < -0.39 is 0 Å². The molecule has 4 aromatic carbocycles. The second-order valence-electron chi connectivity index (χ2n) is 7.52. The number of hydrogen-bond acceptors (Lipinski definition) is 4. The van der Waals surface area contributed by atoms with E-state index in [-0.39, 0.29) is 0 Å². The highest BCUT2D eigenvalue weighted by atomic mass is 16.5. The summed E-state index contributed by atoms with van der Waals surface area (Å²) >= 11 is 0. The standard InChI is InChI=1S/C27H30N2O2/c1-4-29(5-2)18-19-31-25-17-15-21-11-7-9-13-23(21)27(25)28-26-22-12-8-6-10-20(22)14-16-24(26)30-3/h6-17,28H,4-5,18-19H2,1-3H3. The van der Waals surface area contributed by atoms with Crippen LogP contribution >= 0.6 is 0 Å². The number of nitrogens with one attached hydrogen (secondary N) is 1. The van der Waals surface area contributed by atoms with E-state index in [2.05, 4.69) is 90.8 Å². The maximum absolute atomic E-state index is 6.29. The predicted molar refractivity (Wildman–Crippen MR) is 131 cm³/mol. The highest BCUT2D eigenvalue weighted by Gasteiger charge is 2.14. The van der Waals surface area contributed by atoms with Crippen LogP contribution in [0.15, 0.2) is 72.8 Å². The second kappa shape index (κ2) is 9.71. The van der Waals surface area contributed by atoms with Crippen LogP contribution in [-0.2, 0) is 0 Å². The molecule has 0 saturated heterocycles. The average Bonchev–Trinajstić information content (AvgIpc) is 2.83. The number of anilines is 2. The van der Waals surface area contributed by atoms with Crippen molar-refractivity contribution in [3.63, 3.8) is 0 Å². The SMILES string of the molecule is CCN(CC)CCOc1ccc2ccccc2c1Nc1c(OC)ccc2ccccc12. The maximum atomic E-state index is 6.29. The Bertz CT molecular complexity index is 1170. The first-order valence-corrected chi connectivity index (χ1v) is 10.9. The van der Waals surface area contributed by atoms with Crippen molar-refractivity contribution in [2.75, 3.05) is 38.7 Å². The van der Waals surface area contributed by atoms with Crippen molar-refractivity contribution < 1.29 is 9.47 Å². The van der Waals surface area contributed by atoms with Gasteiger partial charge >= 0.3 is 0 Å². The van der Waals surface area contributed by atoms with Crippen LogP contribution in [0.4, 0.5) is 11.4 Å². The van der Waals surface area contributed by atoms with E-state index in [0.717, 1.165) is 58.7 Å². The Kier molecular flexibility index (Phi) is 6.58. The molecule has 4 aromatic rings. The van der Waals surface area contributed by atoms with Crippen LogP contribution in [0.25, 0.3) is 21.5 Å². The van der Waals surface area contributed by atoms with Gasteiger partial charge in [0.2, 0.25) is 0 Å². The maximum Gasteiger partial charge on any atom is 0.143 e. The topological polar surface area (TPSA) is 33.7 Å². The largest absolute Gasteiger partial charge is 0.495 e. The smallest absolute Gasteiger partial charge is 0.143 e. The van der Waals surface area contributed by atoms with Gasteiger partial charge in [-0.05, 0) is 36.0 Å². The van der Waals surface area contributed by atoms with Gasteiger partial charge in [0.25, 0.3) is 0 Å². The van der Waals surface area contributed by atoms with Gasteiger partial charge in [-0.15, -0.1) is 0 Å². The van der Waals surface area contributed by atoms with Gasteiger partial charge in [-0.1, -0.05) is 74.5 Å². The summed E-state index contributed by atoms with van der Waals surface area (Å²) < 4.78 is 12.0. The van der Waals surface area contributed by atoms with E-state index in [0.29, 0.717) is 6.61 Å². The predicted octanol–water partition coefficient (Wildman–Crippen LogP) is 6.47. The fourth-order valence-electron chi connectivity index (χ4n) is 4.00. The number of fused-ring (bicyclic) bond motifs is 2. The molecular weight excluding hydrogens is 384 g/mol. The Hall–Kier alpha value is -3.24. The molecule has 0 unspecified atom stereocenters. The van der Waals surface area contributed by atoms with Crippen molar-refractivity contribution in [2.24, 2.45) is 0 Å². The van der Waals surface area contributed by atoms with Crippen molar-refractivity contribution in [1.29, 1.82) is 0 Å². The molecule has 0 amide bonds. The molecule has 0 spiro atoms. The Morgan fingerprint density at radius 1 is 0.710 bits per heavy atom. The van der Waals surface area contributed by atoms with Crippen LogP contribution in [0.3, 0.4) is 0 Å². The van der Waals surface area contributed by atoms with Crippen LogP contribution in [-0.4, -0.2) is 38.3 Å². The molecule has 0 aliphatic heterocycles. The first kappa shape index (κ1) is 21.0. The molecule has 0 atom stereocenters. The van der Waals surface area contributed by atoms with Crippen LogP contribution < -0.4 is 14.8 Å². The lowest BCUT2D eigenvalue weighted by Crippen LogP contribution is -2.28. The Labute approximate surface area is 184 Å². The molecule has 0 saturated carbocycles. The summed E-state index contributed by atoms with van der Waals surface area (Å²) in [6, 6.07) is 25.0. The highest BCUT2D eigenvalue weighted by molar-refractivity contribution is 6.04. The second-order valence-corrected chi connectivity index (χ2v) is 7.52. The zero-order chi connectivity index (χ0) is 21.6. The van der Waals surface area contributed by atoms with Crippen molar-refractivity contribution >= 4 is 32.9 Å². The average molecular weight is 415 g/mol. The van der Waals surface area contributed by atoms with Gasteiger partial charge in [0.1, 0.15) is 18.1 Å². The minimum Gasteiger partial charge on any atom is -0.495 e. The van der Waals surface area contributed by atoms with Gasteiger partial charge in [-0.25, -0.2) is 0 Å². The van der Waals surface area contributed by atoms with E-state index in [1.165, 1.54) is 5.39 Å². The lowest BCUT2D eigenvalue weighted by Gasteiger charge is -2.21. The van der Waals surface area contributed by atoms with Crippen LogP contribution in [0.1, 0.15) is 13.8 Å². The van der Waals surface area contributed by atoms with Gasteiger partial charge in [-0.3, -0.25) is 0 Å². The summed E-state index contributed by atoms with van der Waals surface area (Å²) in [5.41, 5.74) is 1.91. The molecule has 4 heteroatoms. The first-order chi connectivity index (χ1) is 15.2. The van der Waals surface area contributed by atoms with Gasteiger partial charge in [-0.2, -0.15) is 0 Å².